The van der Waals surface area contributed by atoms with Crippen LogP contribution in [0.25, 0.3) is 0 Å². The molecule has 14 heteroatoms. The molecule has 0 radical (unpaired) electrons. The van der Waals surface area contributed by atoms with Crippen LogP contribution in [0.3, 0.4) is 0 Å². The highest BCUT2D eigenvalue weighted by Gasteiger charge is 2.42. The maximum absolute atomic E-state index is 12.0. The lowest BCUT2D eigenvalue weighted by atomic mass is 10.0. The molecule has 2 rings (SSSR count). The molecule has 13 nitrogen and oxygen atoms in total. The summed E-state index contributed by atoms with van der Waals surface area (Å²) < 4.78 is 37.8. The molecule has 0 aromatic carbocycles. The molecule has 2 heterocycles. The second-order valence-electron chi connectivity index (χ2n) is 9.29. The Morgan fingerprint density at radius 1 is 0.750 bits per heavy atom. The first-order chi connectivity index (χ1) is 19.7. The van der Waals surface area contributed by atoms with Crippen molar-refractivity contribution in [2.45, 2.75) is 43.0 Å². The fourth-order valence-electron chi connectivity index (χ4n) is 4.13. The van der Waals surface area contributed by atoms with Crippen molar-refractivity contribution in [3.8, 4) is 0 Å². The van der Waals surface area contributed by atoms with Crippen LogP contribution in [-0.2, 0) is 38.0 Å². The van der Waals surface area contributed by atoms with Gasteiger partial charge in [0.1, 0.15) is 0 Å². The van der Waals surface area contributed by atoms with Gasteiger partial charge in [0, 0.05) is 30.5 Å². The highest BCUT2D eigenvalue weighted by atomic mass is 32.2. The zero-order valence-corrected chi connectivity index (χ0v) is 24.6. The number of nitrogens with one attached hydrogen (secondary N) is 3. The smallest absolute Gasteiger partial charge is 0.315 e. The molecule has 0 spiro atoms. The van der Waals surface area contributed by atoms with Crippen molar-refractivity contribution in [2.24, 2.45) is 5.73 Å². The van der Waals surface area contributed by atoms with E-state index in [2.05, 4.69) is 16.0 Å². The molecule has 0 saturated carbocycles. The number of ether oxygens (including phenoxy) is 7. The van der Waals surface area contributed by atoms with Gasteiger partial charge in [0.25, 0.3) is 0 Å². The van der Waals surface area contributed by atoms with Crippen molar-refractivity contribution in [2.75, 3.05) is 111 Å². The maximum Gasteiger partial charge on any atom is 0.315 e. The van der Waals surface area contributed by atoms with Gasteiger partial charge in [-0.1, -0.05) is 6.42 Å². The van der Waals surface area contributed by atoms with Crippen LogP contribution in [0.4, 0.5) is 4.79 Å². The number of nitrogens with two attached hydrogens (primary N) is 1. The first kappa shape index (κ1) is 35.0. The van der Waals surface area contributed by atoms with Crippen LogP contribution in [0.5, 0.6) is 0 Å². The summed E-state index contributed by atoms with van der Waals surface area (Å²) in [6.07, 6.45) is 3.36. The number of thioether (sulfide) groups is 1. The van der Waals surface area contributed by atoms with Gasteiger partial charge in [-0.05, 0) is 12.8 Å². The molecule has 40 heavy (non-hydrogen) atoms. The minimum Gasteiger partial charge on any atom is -0.378 e. The fourth-order valence-corrected chi connectivity index (χ4v) is 5.67. The van der Waals surface area contributed by atoms with E-state index in [-0.39, 0.29) is 24.0 Å². The number of rotatable bonds is 28. The van der Waals surface area contributed by atoms with Crippen molar-refractivity contribution in [1.82, 2.24) is 16.0 Å². The Balaban J connectivity index is 1.21. The summed E-state index contributed by atoms with van der Waals surface area (Å²) in [5.41, 5.74) is 5.32. The van der Waals surface area contributed by atoms with Crippen molar-refractivity contribution >= 4 is 23.7 Å². The van der Waals surface area contributed by atoms with Gasteiger partial charge >= 0.3 is 6.03 Å². The maximum atomic E-state index is 12.0. The Labute approximate surface area is 242 Å². The second kappa shape index (κ2) is 24.4. The van der Waals surface area contributed by atoms with Crippen LogP contribution >= 0.6 is 11.8 Å². The number of hydrogen-bond acceptors (Lipinski definition) is 11. The minimum atomic E-state index is -0.0573. The average Bonchev–Trinajstić information content (AvgIpc) is 3.50. The van der Waals surface area contributed by atoms with Crippen molar-refractivity contribution in [3.05, 3.63) is 0 Å². The molecule has 3 amide bonds. The van der Waals surface area contributed by atoms with E-state index in [9.17, 15) is 9.59 Å². The van der Waals surface area contributed by atoms with Crippen molar-refractivity contribution in [1.29, 1.82) is 0 Å². The molecule has 0 aromatic heterocycles. The van der Waals surface area contributed by atoms with Crippen LogP contribution < -0.4 is 21.7 Å². The molecule has 5 N–H and O–H groups in total. The first-order valence-electron chi connectivity index (χ1n) is 14.4. The van der Waals surface area contributed by atoms with Crippen molar-refractivity contribution in [3.63, 3.8) is 0 Å². The third kappa shape index (κ3) is 17.6. The largest absolute Gasteiger partial charge is 0.378 e. The number of unbranched alkanes of at least 4 members (excludes halogenated alkanes) is 1. The molecule has 0 aromatic rings. The SMILES string of the molecule is NCCOCCOCCOCCOCCOCCOCCOCCNC(=O)CCCCC1SCC2NC(=O)N[C@@H]21. The number of carbonyl (C=O) groups is 2. The number of fused-ring (bicyclic) bond motifs is 1. The molecule has 3 atom stereocenters. The van der Waals surface area contributed by atoms with E-state index in [1.165, 1.54) is 0 Å². The topological polar surface area (TPSA) is 161 Å². The molecule has 2 unspecified atom stereocenters. The number of urea groups is 1. The summed E-state index contributed by atoms with van der Waals surface area (Å²) in [5.74, 6) is 1.01. The van der Waals surface area contributed by atoms with Gasteiger partial charge in [0.05, 0.1) is 105 Å². The number of carbonyl (C=O) groups excluding carboxylic acids is 2. The Hall–Kier alpha value is -1.23. The number of hydrogen-bond donors (Lipinski definition) is 4. The fraction of sp³-hybridized carbons (Fsp3) is 0.923. The second-order valence-corrected chi connectivity index (χ2v) is 10.6. The third-order valence-electron chi connectivity index (χ3n) is 6.14. The summed E-state index contributed by atoms with van der Waals surface area (Å²) in [5, 5.41) is 9.28. The summed E-state index contributed by atoms with van der Waals surface area (Å²) in [6, 6.07) is 0.423. The van der Waals surface area contributed by atoms with E-state index in [1.807, 2.05) is 11.8 Å². The third-order valence-corrected chi connectivity index (χ3v) is 7.65. The van der Waals surface area contributed by atoms with Gasteiger partial charge in [-0.3, -0.25) is 4.79 Å². The van der Waals surface area contributed by atoms with E-state index in [0.717, 1.165) is 25.0 Å². The molecular weight excluding hydrogens is 544 g/mol. The molecule has 0 aliphatic carbocycles. The van der Waals surface area contributed by atoms with Crippen LogP contribution in [0, 0.1) is 0 Å². The Bertz CT molecular complexity index is 653. The highest BCUT2D eigenvalue weighted by Crippen LogP contribution is 2.33. The zero-order chi connectivity index (χ0) is 28.5. The van der Waals surface area contributed by atoms with Gasteiger partial charge in [-0.15, -0.1) is 0 Å². The van der Waals surface area contributed by atoms with Crippen LogP contribution in [0.15, 0.2) is 0 Å². The monoisotopic (exact) mass is 594 g/mol. The molecule has 2 aliphatic heterocycles. The predicted octanol–water partition coefficient (Wildman–Crippen LogP) is -0.0967. The normalized spacial score (nSPS) is 19.9. The highest BCUT2D eigenvalue weighted by molar-refractivity contribution is 8.00. The van der Waals surface area contributed by atoms with Gasteiger partial charge in [0.2, 0.25) is 5.91 Å². The Morgan fingerprint density at radius 3 is 1.77 bits per heavy atom. The molecule has 2 saturated heterocycles. The summed E-state index contributed by atoms with van der Waals surface area (Å²) in [6.45, 7) is 8.13. The summed E-state index contributed by atoms with van der Waals surface area (Å²) in [4.78, 5) is 23.4. The van der Waals surface area contributed by atoms with E-state index < -0.39 is 0 Å². The van der Waals surface area contributed by atoms with Crippen LogP contribution in [0.2, 0.25) is 0 Å². The van der Waals surface area contributed by atoms with E-state index in [0.29, 0.717) is 117 Å². The number of amides is 3. The van der Waals surface area contributed by atoms with Gasteiger partial charge in [-0.25, -0.2) is 4.79 Å². The standard InChI is InChI=1S/C26H50N4O9S/c27-5-7-33-9-11-35-13-15-37-17-19-39-20-18-38-16-14-36-12-10-34-8-6-28-24(31)4-2-1-3-23-25-22(21-40-23)29-26(32)30-25/h22-23,25H,1-21,27H2,(H,28,31)(H2,29,30,32)/t22?,23?,25-/m0/s1. The quantitative estimate of drug-likeness (QED) is 0.0708. The van der Waals surface area contributed by atoms with Gasteiger partial charge in [-0.2, -0.15) is 11.8 Å². The lowest BCUT2D eigenvalue weighted by Crippen LogP contribution is -2.36. The molecule has 0 bridgehead atoms. The van der Waals surface area contributed by atoms with Gasteiger partial charge < -0.3 is 54.8 Å². The first-order valence-corrected chi connectivity index (χ1v) is 15.4. The summed E-state index contributed by atoms with van der Waals surface area (Å²) in [7, 11) is 0. The molecular formula is C26H50N4O9S. The van der Waals surface area contributed by atoms with Gasteiger partial charge in [0.15, 0.2) is 0 Å². The Kier molecular flexibility index (Phi) is 21.3. The molecule has 2 aliphatic rings. The lowest BCUT2D eigenvalue weighted by Gasteiger charge is -2.16. The average molecular weight is 595 g/mol. The molecule has 2 fully saturated rings. The Morgan fingerprint density at radius 2 is 1.25 bits per heavy atom. The molecule has 234 valence electrons. The zero-order valence-electron chi connectivity index (χ0n) is 23.7. The van der Waals surface area contributed by atoms with Crippen LogP contribution in [-0.4, -0.2) is 141 Å². The van der Waals surface area contributed by atoms with E-state index in [1.54, 1.807) is 0 Å². The lowest BCUT2D eigenvalue weighted by molar-refractivity contribution is -0.121. The predicted molar refractivity (Wildman–Crippen MR) is 152 cm³/mol. The minimum absolute atomic E-state index is 0.0483. The van der Waals surface area contributed by atoms with Crippen LogP contribution in [0.1, 0.15) is 25.7 Å². The summed E-state index contributed by atoms with van der Waals surface area (Å²) >= 11 is 1.90. The van der Waals surface area contributed by atoms with Crippen molar-refractivity contribution < 1.29 is 42.7 Å². The van der Waals surface area contributed by atoms with E-state index >= 15 is 0 Å². The van der Waals surface area contributed by atoms with E-state index in [4.69, 9.17) is 38.9 Å².